The van der Waals surface area contributed by atoms with E-state index in [2.05, 4.69) is 30.7 Å². The van der Waals surface area contributed by atoms with Crippen molar-refractivity contribution >= 4 is 5.97 Å². The van der Waals surface area contributed by atoms with Gasteiger partial charge in [-0.25, -0.2) is 4.98 Å². The highest BCUT2D eigenvalue weighted by Crippen LogP contribution is 2.18. The van der Waals surface area contributed by atoms with Crippen LogP contribution in [-0.2, 0) is 16.0 Å². The first-order chi connectivity index (χ1) is 7.88. The number of imidazole rings is 1. The van der Waals surface area contributed by atoms with Crippen LogP contribution in [0.15, 0.2) is 12.5 Å². The molecule has 1 aromatic heterocycles. The number of aromatic amines is 1. The van der Waals surface area contributed by atoms with Crippen molar-refractivity contribution in [2.24, 2.45) is 11.1 Å². The average molecular weight is 239 g/mol. The van der Waals surface area contributed by atoms with Crippen molar-refractivity contribution in [1.29, 1.82) is 0 Å². The van der Waals surface area contributed by atoms with E-state index < -0.39 is 6.04 Å². The molecule has 1 rings (SSSR count). The maximum atomic E-state index is 11.6. The first kappa shape index (κ1) is 13.7. The number of esters is 1. The Morgan fingerprint density at radius 3 is 2.82 bits per heavy atom. The normalized spacial score (nSPS) is 13.4. The maximum absolute atomic E-state index is 11.6. The zero-order valence-corrected chi connectivity index (χ0v) is 10.7. The minimum absolute atomic E-state index is 0.160. The smallest absolute Gasteiger partial charge is 0.323 e. The maximum Gasteiger partial charge on any atom is 0.323 e. The third-order valence-corrected chi connectivity index (χ3v) is 2.39. The van der Waals surface area contributed by atoms with E-state index in [1.165, 1.54) is 0 Å². The number of carbonyl (C=O) groups is 1. The van der Waals surface area contributed by atoms with E-state index in [-0.39, 0.29) is 11.4 Å². The molecule has 3 N–H and O–H groups in total. The second kappa shape index (κ2) is 5.82. The molecule has 0 fully saturated rings. The van der Waals surface area contributed by atoms with Crippen molar-refractivity contribution < 1.29 is 9.53 Å². The van der Waals surface area contributed by atoms with Gasteiger partial charge in [-0.05, 0) is 11.8 Å². The van der Waals surface area contributed by atoms with E-state index in [4.69, 9.17) is 10.5 Å². The van der Waals surface area contributed by atoms with Gasteiger partial charge >= 0.3 is 5.97 Å². The lowest BCUT2D eigenvalue weighted by Crippen LogP contribution is -2.35. The summed E-state index contributed by atoms with van der Waals surface area (Å²) >= 11 is 0. The Hall–Kier alpha value is -1.36. The van der Waals surface area contributed by atoms with Crippen molar-refractivity contribution in [2.75, 3.05) is 6.61 Å². The number of nitrogens with two attached hydrogens (primary N) is 1. The molecule has 0 aliphatic carbocycles. The first-order valence-electron chi connectivity index (χ1n) is 5.78. The molecule has 0 bridgehead atoms. The molecule has 0 aliphatic heterocycles. The fraction of sp³-hybridized carbons (Fsp3) is 0.667. The van der Waals surface area contributed by atoms with Gasteiger partial charge in [0.15, 0.2) is 0 Å². The van der Waals surface area contributed by atoms with E-state index in [1.807, 2.05) is 0 Å². The van der Waals surface area contributed by atoms with Gasteiger partial charge in [-0.2, -0.15) is 0 Å². The SMILES string of the molecule is CC(C)(C)CCOC(=O)C(N)Cc1cnc[nH]1. The zero-order chi connectivity index (χ0) is 12.9. The van der Waals surface area contributed by atoms with Crippen LogP contribution in [0, 0.1) is 5.41 Å². The van der Waals surface area contributed by atoms with Gasteiger partial charge < -0.3 is 15.5 Å². The molecule has 0 radical (unpaired) electrons. The Morgan fingerprint density at radius 2 is 2.29 bits per heavy atom. The molecule has 0 saturated carbocycles. The molecule has 5 nitrogen and oxygen atoms in total. The Kier molecular flexibility index (Phi) is 4.69. The molecule has 96 valence electrons. The van der Waals surface area contributed by atoms with Crippen molar-refractivity contribution in [2.45, 2.75) is 39.7 Å². The summed E-state index contributed by atoms with van der Waals surface area (Å²) < 4.78 is 5.13. The lowest BCUT2D eigenvalue weighted by Gasteiger charge is -2.18. The minimum Gasteiger partial charge on any atom is -0.465 e. The third kappa shape index (κ3) is 5.49. The van der Waals surface area contributed by atoms with E-state index >= 15 is 0 Å². The van der Waals surface area contributed by atoms with Crippen LogP contribution in [0.5, 0.6) is 0 Å². The predicted octanol–water partition coefficient (Wildman–Crippen LogP) is 1.26. The number of nitrogens with one attached hydrogen (secondary N) is 1. The van der Waals surface area contributed by atoms with Crippen LogP contribution in [0.1, 0.15) is 32.9 Å². The van der Waals surface area contributed by atoms with E-state index in [9.17, 15) is 4.79 Å². The molecule has 0 amide bonds. The van der Waals surface area contributed by atoms with Crippen LogP contribution < -0.4 is 5.73 Å². The molecule has 1 unspecified atom stereocenters. The lowest BCUT2D eigenvalue weighted by atomic mass is 9.93. The van der Waals surface area contributed by atoms with Gasteiger partial charge in [0, 0.05) is 18.3 Å². The number of carbonyl (C=O) groups excluding carboxylic acids is 1. The third-order valence-electron chi connectivity index (χ3n) is 2.39. The number of ether oxygens (including phenoxy) is 1. The van der Waals surface area contributed by atoms with Gasteiger partial charge in [-0.3, -0.25) is 4.79 Å². The molecule has 17 heavy (non-hydrogen) atoms. The summed E-state index contributed by atoms with van der Waals surface area (Å²) in [6.45, 7) is 6.72. The van der Waals surface area contributed by atoms with Crippen molar-refractivity contribution in [3.63, 3.8) is 0 Å². The Bertz CT molecular complexity index is 341. The largest absolute Gasteiger partial charge is 0.465 e. The van der Waals surface area contributed by atoms with Crippen LogP contribution in [0.3, 0.4) is 0 Å². The standard InChI is InChI=1S/C12H21N3O2/c1-12(2,3)4-5-17-11(16)10(13)6-9-7-14-8-15-9/h7-8,10H,4-6,13H2,1-3H3,(H,14,15). The molecule has 0 saturated heterocycles. The van der Waals surface area contributed by atoms with Crippen molar-refractivity contribution in [1.82, 2.24) is 9.97 Å². The Balaban J connectivity index is 2.28. The second-order valence-corrected chi connectivity index (χ2v) is 5.37. The van der Waals surface area contributed by atoms with Gasteiger partial charge in [0.25, 0.3) is 0 Å². The van der Waals surface area contributed by atoms with Crippen molar-refractivity contribution in [3.05, 3.63) is 18.2 Å². The Labute approximate surface area is 102 Å². The van der Waals surface area contributed by atoms with E-state index in [0.29, 0.717) is 13.0 Å². The van der Waals surface area contributed by atoms with Crippen LogP contribution in [0.4, 0.5) is 0 Å². The molecule has 5 heteroatoms. The van der Waals surface area contributed by atoms with E-state index in [0.717, 1.165) is 12.1 Å². The highest BCUT2D eigenvalue weighted by atomic mass is 16.5. The topological polar surface area (TPSA) is 81.0 Å². The summed E-state index contributed by atoms with van der Waals surface area (Å²) in [6.07, 6.45) is 4.47. The zero-order valence-electron chi connectivity index (χ0n) is 10.7. The van der Waals surface area contributed by atoms with Crippen LogP contribution in [-0.4, -0.2) is 28.6 Å². The molecule has 1 heterocycles. The quantitative estimate of drug-likeness (QED) is 0.758. The summed E-state index contributed by atoms with van der Waals surface area (Å²) in [7, 11) is 0. The number of aromatic nitrogens is 2. The fourth-order valence-electron chi connectivity index (χ4n) is 1.28. The number of H-pyrrole nitrogens is 1. The van der Waals surface area contributed by atoms with Gasteiger partial charge in [-0.1, -0.05) is 20.8 Å². The van der Waals surface area contributed by atoms with Crippen LogP contribution >= 0.6 is 0 Å². The number of rotatable bonds is 5. The van der Waals surface area contributed by atoms with Crippen LogP contribution in [0.2, 0.25) is 0 Å². The summed E-state index contributed by atoms with van der Waals surface area (Å²) in [6, 6.07) is -0.629. The lowest BCUT2D eigenvalue weighted by molar-refractivity contribution is -0.145. The van der Waals surface area contributed by atoms with Crippen molar-refractivity contribution in [3.8, 4) is 0 Å². The van der Waals surface area contributed by atoms with Crippen LogP contribution in [0.25, 0.3) is 0 Å². The highest BCUT2D eigenvalue weighted by molar-refractivity contribution is 5.75. The minimum atomic E-state index is -0.629. The molecule has 0 aliphatic rings. The first-order valence-corrected chi connectivity index (χ1v) is 5.78. The number of hydrogen-bond acceptors (Lipinski definition) is 4. The molecule has 1 atom stereocenters. The second-order valence-electron chi connectivity index (χ2n) is 5.37. The molecular weight excluding hydrogens is 218 g/mol. The monoisotopic (exact) mass is 239 g/mol. The summed E-state index contributed by atoms with van der Waals surface area (Å²) in [5.74, 6) is -0.358. The van der Waals surface area contributed by atoms with Gasteiger partial charge in [0.05, 0.1) is 12.9 Å². The summed E-state index contributed by atoms with van der Waals surface area (Å²) in [5.41, 5.74) is 6.73. The average Bonchev–Trinajstić information content (AvgIpc) is 2.68. The highest BCUT2D eigenvalue weighted by Gasteiger charge is 2.17. The number of nitrogens with zero attached hydrogens (tertiary/aromatic N) is 1. The van der Waals surface area contributed by atoms with Gasteiger partial charge in [-0.15, -0.1) is 0 Å². The Morgan fingerprint density at radius 1 is 1.59 bits per heavy atom. The summed E-state index contributed by atoms with van der Waals surface area (Å²) in [5, 5.41) is 0. The predicted molar refractivity (Wildman–Crippen MR) is 65.3 cm³/mol. The fourth-order valence-corrected chi connectivity index (χ4v) is 1.28. The van der Waals surface area contributed by atoms with Gasteiger partial charge in [0.1, 0.15) is 6.04 Å². The molecular formula is C12H21N3O2. The molecule has 0 spiro atoms. The molecule has 0 aromatic carbocycles. The summed E-state index contributed by atoms with van der Waals surface area (Å²) in [4.78, 5) is 18.3. The van der Waals surface area contributed by atoms with E-state index in [1.54, 1.807) is 12.5 Å². The number of hydrogen-bond donors (Lipinski definition) is 2. The molecule has 1 aromatic rings. The van der Waals surface area contributed by atoms with Gasteiger partial charge in [0.2, 0.25) is 0 Å².